The van der Waals surface area contributed by atoms with Crippen LogP contribution < -0.4 is 5.56 Å². The van der Waals surface area contributed by atoms with Gasteiger partial charge in [-0.1, -0.05) is 13.0 Å². The average molecular weight is 256 g/mol. The Balaban J connectivity index is 1.74. The van der Waals surface area contributed by atoms with Crippen LogP contribution in [0.25, 0.3) is 0 Å². The number of rotatable bonds is 0. The van der Waals surface area contributed by atoms with Crippen molar-refractivity contribution in [3.8, 4) is 0 Å². The summed E-state index contributed by atoms with van der Waals surface area (Å²) in [5.41, 5.74) is 2.79. The van der Waals surface area contributed by atoms with Gasteiger partial charge < -0.3 is 4.98 Å². The summed E-state index contributed by atoms with van der Waals surface area (Å²) >= 11 is 0. The van der Waals surface area contributed by atoms with Crippen LogP contribution in [0.2, 0.25) is 0 Å². The van der Waals surface area contributed by atoms with E-state index in [1.807, 2.05) is 0 Å². The maximum Gasteiger partial charge on any atom is 0.248 e. The van der Waals surface area contributed by atoms with Crippen molar-refractivity contribution >= 4 is 0 Å². The fourth-order valence-electron chi connectivity index (χ4n) is 5.75. The summed E-state index contributed by atoms with van der Waals surface area (Å²) in [6, 6.07) is 5.13. The van der Waals surface area contributed by atoms with E-state index in [0.29, 0.717) is 12.0 Å². The van der Waals surface area contributed by atoms with Gasteiger partial charge in [-0.3, -0.25) is 9.69 Å². The number of fused-ring (bicyclic) bond motifs is 5. The molecular weight excluding hydrogens is 236 g/mol. The summed E-state index contributed by atoms with van der Waals surface area (Å²) in [5.74, 6) is 3.20. The Morgan fingerprint density at radius 1 is 1.21 bits per heavy atom. The van der Waals surface area contributed by atoms with Gasteiger partial charge in [-0.25, -0.2) is 0 Å². The molecule has 4 heterocycles. The molecule has 0 radical (unpaired) electrons. The van der Waals surface area contributed by atoms with Crippen molar-refractivity contribution in [3.05, 3.63) is 33.7 Å². The Morgan fingerprint density at radius 3 is 3.00 bits per heavy atom. The lowest BCUT2D eigenvalue weighted by Gasteiger charge is -2.44. The second kappa shape index (κ2) is 3.32. The largest absolute Gasteiger partial charge is 0.324 e. The topological polar surface area (TPSA) is 36.1 Å². The first-order valence-corrected chi connectivity index (χ1v) is 7.71. The summed E-state index contributed by atoms with van der Waals surface area (Å²) in [5, 5.41) is 0. The number of piperidine rings is 1. The van der Waals surface area contributed by atoms with E-state index in [9.17, 15) is 4.79 Å². The SMILES string of the molecule is CC1CC2C3CC4CN(C3C1)C2c1[nH]c(=O)ccc14. The molecule has 100 valence electrons. The van der Waals surface area contributed by atoms with Gasteiger partial charge in [0.05, 0.1) is 6.04 Å². The molecule has 4 aliphatic rings. The minimum Gasteiger partial charge on any atom is -0.324 e. The highest BCUT2D eigenvalue weighted by Gasteiger charge is 2.59. The summed E-state index contributed by atoms with van der Waals surface area (Å²) < 4.78 is 0. The fraction of sp³-hybridized carbons (Fsp3) is 0.688. The lowest BCUT2D eigenvalue weighted by Crippen LogP contribution is -2.46. The molecule has 2 saturated heterocycles. The number of nitrogens with zero attached hydrogens (tertiary/aromatic N) is 1. The molecule has 5 rings (SSSR count). The zero-order valence-electron chi connectivity index (χ0n) is 11.3. The van der Waals surface area contributed by atoms with Gasteiger partial charge in [0.25, 0.3) is 0 Å². The lowest BCUT2D eigenvalue weighted by atomic mass is 9.70. The lowest BCUT2D eigenvalue weighted by molar-refractivity contribution is 0.0902. The molecule has 1 aliphatic carbocycles. The molecule has 0 aromatic carbocycles. The molecule has 0 amide bonds. The van der Waals surface area contributed by atoms with E-state index in [1.165, 1.54) is 37.1 Å². The van der Waals surface area contributed by atoms with Crippen molar-refractivity contribution in [2.45, 2.75) is 44.2 Å². The molecular formula is C16H20N2O. The highest BCUT2D eigenvalue weighted by atomic mass is 16.1. The van der Waals surface area contributed by atoms with E-state index >= 15 is 0 Å². The van der Waals surface area contributed by atoms with Crippen molar-refractivity contribution < 1.29 is 0 Å². The molecule has 7 atom stereocenters. The summed E-state index contributed by atoms with van der Waals surface area (Å²) in [4.78, 5) is 17.7. The molecule has 3 nitrogen and oxygen atoms in total. The predicted octanol–water partition coefficient (Wildman–Crippen LogP) is 2.26. The molecule has 1 aromatic rings. The standard InChI is InChI=1S/C16H20N2O/c1-8-4-12-11-6-9-7-18(13(11)5-8)16(12)15-10(9)2-3-14(19)17-15/h2-3,8-9,11-13,16H,4-7H2,1H3,(H,17,19). The van der Waals surface area contributed by atoms with E-state index in [4.69, 9.17) is 0 Å². The van der Waals surface area contributed by atoms with Gasteiger partial charge in [-0.15, -0.1) is 0 Å². The van der Waals surface area contributed by atoms with Crippen LogP contribution in [0.15, 0.2) is 16.9 Å². The summed E-state index contributed by atoms with van der Waals surface area (Å²) in [7, 11) is 0. The quantitative estimate of drug-likeness (QED) is 0.773. The third-order valence-corrected chi connectivity index (χ3v) is 6.26. The molecule has 1 saturated carbocycles. The van der Waals surface area contributed by atoms with Gasteiger partial charge >= 0.3 is 0 Å². The van der Waals surface area contributed by atoms with Crippen LogP contribution in [-0.4, -0.2) is 22.5 Å². The second-order valence-electron chi connectivity index (χ2n) is 7.24. The average Bonchev–Trinajstić information content (AvgIpc) is 2.56. The van der Waals surface area contributed by atoms with Gasteiger partial charge in [0.2, 0.25) is 5.56 Å². The first-order chi connectivity index (χ1) is 9.22. The Bertz CT molecular complexity index is 607. The van der Waals surface area contributed by atoms with Crippen LogP contribution in [-0.2, 0) is 0 Å². The van der Waals surface area contributed by atoms with E-state index in [0.717, 1.165) is 23.8 Å². The number of nitrogens with one attached hydrogen (secondary N) is 1. The number of pyridine rings is 1. The van der Waals surface area contributed by atoms with Crippen molar-refractivity contribution in [3.63, 3.8) is 0 Å². The number of hydrogen-bond donors (Lipinski definition) is 1. The predicted molar refractivity (Wildman–Crippen MR) is 73.0 cm³/mol. The minimum absolute atomic E-state index is 0.0762. The third-order valence-electron chi connectivity index (χ3n) is 6.26. The second-order valence-corrected chi connectivity index (χ2v) is 7.24. The van der Waals surface area contributed by atoms with Crippen molar-refractivity contribution in [2.24, 2.45) is 17.8 Å². The van der Waals surface area contributed by atoms with E-state index in [1.54, 1.807) is 6.07 Å². The molecule has 1 aromatic heterocycles. The molecule has 3 aliphatic heterocycles. The molecule has 3 fully saturated rings. The van der Waals surface area contributed by atoms with Crippen LogP contribution in [0.5, 0.6) is 0 Å². The van der Waals surface area contributed by atoms with Crippen LogP contribution in [0.1, 0.15) is 49.4 Å². The first kappa shape index (κ1) is 10.7. The van der Waals surface area contributed by atoms with Crippen LogP contribution in [0.4, 0.5) is 0 Å². The molecule has 7 unspecified atom stereocenters. The number of aromatic amines is 1. The Labute approximate surface area is 113 Å². The summed E-state index contributed by atoms with van der Waals surface area (Å²) in [6.07, 6.45) is 4.08. The molecule has 0 spiro atoms. The van der Waals surface area contributed by atoms with Crippen LogP contribution >= 0.6 is 0 Å². The Hall–Kier alpha value is -1.09. The van der Waals surface area contributed by atoms with Crippen molar-refractivity contribution in [2.75, 3.05) is 6.54 Å². The van der Waals surface area contributed by atoms with Crippen molar-refractivity contribution in [1.82, 2.24) is 9.88 Å². The van der Waals surface area contributed by atoms with E-state index in [2.05, 4.69) is 22.9 Å². The zero-order chi connectivity index (χ0) is 12.7. The Kier molecular flexibility index (Phi) is 1.86. The van der Waals surface area contributed by atoms with Crippen LogP contribution in [0.3, 0.4) is 0 Å². The smallest absolute Gasteiger partial charge is 0.248 e. The summed E-state index contributed by atoms with van der Waals surface area (Å²) in [6.45, 7) is 3.64. The third kappa shape index (κ3) is 1.20. The first-order valence-electron chi connectivity index (χ1n) is 7.71. The molecule has 5 bridgehead atoms. The van der Waals surface area contributed by atoms with Gasteiger partial charge in [0.1, 0.15) is 0 Å². The normalized spacial score (nSPS) is 49.2. The van der Waals surface area contributed by atoms with Crippen LogP contribution in [0, 0.1) is 17.8 Å². The monoisotopic (exact) mass is 256 g/mol. The minimum atomic E-state index is 0.0762. The molecule has 3 heteroatoms. The van der Waals surface area contributed by atoms with Gasteiger partial charge in [0, 0.05) is 24.3 Å². The maximum absolute atomic E-state index is 11.7. The number of hydrogen-bond acceptors (Lipinski definition) is 2. The van der Waals surface area contributed by atoms with Gasteiger partial charge in [-0.2, -0.15) is 0 Å². The van der Waals surface area contributed by atoms with Crippen molar-refractivity contribution in [1.29, 1.82) is 0 Å². The molecule has 1 N–H and O–H groups in total. The van der Waals surface area contributed by atoms with Gasteiger partial charge in [-0.05, 0) is 48.5 Å². The zero-order valence-corrected chi connectivity index (χ0v) is 11.3. The van der Waals surface area contributed by atoms with E-state index < -0.39 is 0 Å². The maximum atomic E-state index is 11.7. The molecule has 19 heavy (non-hydrogen) atoms. The number of aromatic nitrogens is 1. The Morgan fingerprint density at radius 2 is 2.11 bits per heavy atom. The highest BCUT2D eigenvalue weighted by Crippen LogP contribution is 2.62. The number of H-pyrrole nitrogens is 1. The highest BCUT2D eigenvalue weighted by molar-refractivity contribution is 5.36. The fourth-order valence-corrected chi connectivity index (χ4v) is 5.75. The van der Waals surface area contributed by atoms with E-state index in [-0.39, 0.29) is 5.56 Å². The van der Waals surface area contributed by atoms with Gasteiger partial charge in [0.15, 0.2) is 0 Å².